The molecule has 0 saturated carbocycles. The van der Waals surface area contributed by atoms with E-state index in [1.165, 1.54) is 63.2 Å². The molecular formula is C20H37IN6S. The molecule has 1 aromatic heterocycles. The van der Waals surface area contributed by atoms with Gasteiger partial charge in [-0.3, -0.25) is 9.89 Å². The van der Waals surface area contributed by atoms with Crippen LogP contribution in [0.4, 0.5) is 0 Å². The van der Waals surface area contributed by atoms with E-state index in [4.69, 9.17) is 0 Å². The number of likely N-dealkylation sites (tertiary alicyclic amines) is 2. The lowest BCUT2D eigenvalue weighted by Crippen LogP contribution is -2.62. The van der Waals surface area contributed by atoms with Crippen LogP contribution in [0.25, 0.3) is 0 Å². The van der Waals surface area contributed by atoms with Crippen molar-refractivity contribution >= 4 is 41.3 Å². The molecule has 28 heavy (non-hydrogen) atoms. The van der Waals surface area contributed by atoms with Crippen LogP contribution in [-0.4, -0.2) is 73.1 Å². The number of nitrogens with zero attached hydrogens (tertiary/aromatic N) is 4. The van der Waals surface area contributed by atoms with Gasteiger partial charge in [0.1, 0.15) is 5.01 Å². The van der Waals surface area contributed by atoms with Gasteiger partial charge in [-0.05, 0) is 65.3 Å². The SMILES string of the molecule is CCc1cnc(CNC(=NC)NCC2(N3CCCCC3)CCN(C)CC2)s1.I. The zero-order chi connectivity index (χ0) is 19.1. The quantitative estimate of drug-likeness (QED) is 0.343. The van der Waals surface area contributed by atoms with Gasteiger partial charge < -0.3 is 15.5 Å². The van der Waals surface area contributed by atoms with Crippen molar-refractivity contribution in [1.82, 2.24) is 25.4 Å². The van der Waals surface area contributed by atoms with Gasteiger partial charge in [-0.1, -0.05) is 13.3 Å². The first-order chi connectivity index (χ1) is 13.1. The molecule has 160 valence electrons. The maximum Gasteiger partial charge on any atom is 0.191 e. The molecule has 3 rings (SSSR count). The number of piperidine rings is 2. The van der Waals surface area contributed by atoms with Gasteiger partial charge in [-0.25, -0.2) is 4.98 Å². The summed E-state index contributed by atoms with van der Waals surface area (Å²) in [6.07, 6.45) is 9.58. The van der Waals surface area contributed by atoms with E-state index in [-0.39, 0.29) is 29.5 Å². The Balaban J connectivity index is 0.00000280. The topological polar surface area (TPSA) is 55.8 Å². The zero-order valence-electron chi connectivity index (χ0n) is 17.7. The van der Waals surface area contributed by atoms with E-state index in [1.807, 2.05) is 13.2 Å². The summed E-state index contributed by atoms with van der Waals surface area (Å²) < 4.78 is 0. The van der Waals surface area contributed by atoms with Crippen molar-refractivity contribution in [3.05, 3.63) is 16.1 Å². The Labute approximate surface area is 191 Å². The van der Waals surface area contributed by atoms with Crippen LogP contribution in [0.3, 0.4) is 0 Å². The smallest absolute Gasteiger partial charge is 0.191 e. The Morgan fingerprint density at radius 2 is 1.89 bits per heavy atom. The molecule has 0 amide bonds. The highest BCUT2D eigenvalue weighted by Gasteiger charge is 2.39. The fourth-order valence-corrected chi connectivity index (χ4v) is 5.03. The largest absolute Gasteiger partial charge is 0.355 e. The molecule has 0 atom stereocenters. The first-order valence-electron chi connectivity index (χ1n) is 10.5. The molecule has 2 fully saturated rings. The second-order valence-electron chi connectivity index (χ2n) is 7.93. The summed E-state index contributed by atoms with van der Waals surface area (Å²) in [6, 6.07) is 0. The number of hydrogen-bond donors (Lipinski definition) is 2. The molecule has 2 saturated heterocycles. The maximum absolute atomic E-state index is 4.50. The van der Waals surface area contributed by atoms with E-state index in [0.717, 1.165) is 30.5 Å². The van der Waals surface area contributed by atoms with Crippen LogP contribution >= 0.6 is 35.3 Å². The number of halogens is 1. The third kappa shape index (κ3) is 6.27. The Morgan fingerprint density at radius 1 is 1.18 bits per heavy atom. The lowest BCUT2D eigenvalue weighted by Gasteiger charge is -2.50. The normalized spacial score (nSPS) is 21.2. The summed E-state index contributed by atoms with van der Waals surface area (Å²) in [5, 5.41) is 8.21. The van der Waals surface area contributed by atoms with Gasteiger partial charge in [0.25, 0.3) is 0 Å². The molecule has 1 aromatic rings. The maximum atomic E-state index is 4.50. The summed E-state index contributed by atoms with van der Waals surface area (Å²) in [5.41, 5.74) is 0.265. The predicted molar refractivity (Wildman–Crippen MR) is 130 cm³/mol. The number of guanidine groups is 1. The van der Waals surface area contributed by atoms with Crippen molar-refractivity contribution in [3.63, 3.8) is 0 Å². The van der Waals surface area contributed by atoms with Gasteiger partial charge in [0.15, 0.2) is 5.96 Å². The van der Waals surface area contributed by atoms with Crippen LogP contribution in [-0.2, 0) is 13.0 Å². The van der Waals surface area contributed by atoms with E-state index in [2.05, 4.69) is 44.4 Å². The van der Waals surface area contributed by atoms with Crippen LogP contribution in [0.15, 0.2) is 11.2 Å². The van der Waals surface area contributed by atoms with E-state index in [0.29, 0.717) is 0 Å². The number of aliphatic imine (C=N–C) groups is 1. The van der Waals surface area contributed by atoms with Crippen molar-refractivity contribution in [2.45, 2.75) is 57.5 Å². The molecule has 0 aromatic carbocycles. The predicted octanol–water partition coefficient (Wildman–Crippen LogP) is 2.94. The van der Waals surface area contributed by atoms with Gasteiger partial charge >= 0.3 is 0 Å². The molecule has 2 aliphatic heterocycles. The summed E-state index contributed by atoms with van der Waals surface area (Å²) in [5.74, 6) is 0.888. The average Bonchev–Trinajstić information content (AvgIpc) is 3.18. The number of aryl methyl sites for hydroxylation is 1. The van der Waals surface area contributed by atoms with Gasteiger partial charge in [-0.2, -0.15) is 0 Å². The van der Waals surface area contributed by atoms with Crippen molar-refractivity contribution in [2.75, 3.05) is 46.8 Å². The summed E-state index contributed by atoms with van der Waals surface area (Å²) in [6.45, 7) is 8.74. The Hall–Kier alpha value is -0.450. The molecule has 0 radical (unpaired) electrons. The first kappa shape index (κ1) is 23.8. The molecule has 2 aliphatic rings. The summed E-state index contributed by atoms with van der Waals surface area (Å²) in [4.78, 5) is 15.5. The number of thiazole rings is 1. The number of nitrogens with one attached hydrogen (secondary N) is 2. The minimum Gasteiger partial charge on any atom is -0.355 e. The van der Waals surface area contributed by atoms with Crippen LogP contribution in [0.5, 0.6) is 0 Å². The second-order valence-corrected chi connectivity index (χ2v) is 9.13. The third-order valence-corrected chi connectivity index (χ3v) is 7.25. The third-order valence-electron chi connectivity index (χ3n) is 6.11. The highest BCUT2D eigenvalue weighted by Crippen LogP contribution is 2.30. The van der Waals surface area contributed by atoms with Crippen molar-refractivity contribution in [3.8, 4) is 0 Å². The number of rotatable bonds is 6. The highest BCUT2D eigenvalue weighted by atomic mass is 127. The van der Waals surface area contributed by atoms with Gasteiger partial charge in [0.05, 0.1) is 6.54 Å². The summed E-state index contributed by atoms with van der Waals surface area (Å²) in [7, 11) is 4.10. The van der Waals surface area contributed by atoms with Gasteiger partial charge in [0, 0.05) is 30.2 Å². The van der Waals surface area contributed by atoms with E-state index in [9.17, 15) is 0 Å². The standard InChI is InChI=1S/C20H36N6S.HI/c1-4-17-14-22-18(27-17)15-23-19(21-2)24-16-20(8-12-25(3)13-9-20)26-10-6-5-7-11-26;/h14H,4-13,15-16H2,1-3H3,(H2,21,23,24);1H. The minimum atomic E-state index is 0. The van der Waals surface area contributed by atoms with Crippen LogP contribution < -0.4 is 10.6 Å². The fourth-order valence-electron chi connectivity index (χ4n) is 4.23. The molecule has 2 N–H and O–H groups in total. The molecule has 6 nitrogen and oxygen atoms in total. The number of hydrogen-bond acceptors (Lipinski definition) is 5. The van der Waals surface area contributed by atoms with Gasteiger partial charge in [-0.15, -0.1) is 35.3 Å². The lowest BCUT2D eigenvalue weighted by atomic mass is 9.84. The molecule has 0 unspecified atom stereocenters. The Morgan fingerprint density at radius 3 is 2.50 bits per heavy atom. The first-order valence-corrected chi connectivity index (χ1v) is 11.3. The molecule has 0 aliphatic carbocycles. The van der Waals surface area contributed by atoms with E-state index < -0.39 is 0 Å². The Bertz CT molecular complexity index is 606. The van der Waals surface area contributed by atoms with Crippen LogP contribution in [0.2, 0.25) is 0 Å². The fraction of sp³-hybridized carbons (Fsp3) is 0.800. The lowest BCUT2D eigenvalue weighted by molar-refractivity contribution is 0.0173. The van der Waals surface area contributed by atoms with Crippen LogP contribution in [0, 0.1) is 0 Å². The Kier molecular flexibility index (Phi) is 9.92. The molecule has 0 bridgehead atoms. The molecular weight excluding hydrogens is 483 g/mol. The second kappa shape index (κ2) is 11.7. The van der Waals surface area contributed by atoms with Crippen molar-refractivity contribution in [2.24, 2.45) is 4.99 Å². The zero-order valence-corrected chi connectivity index (χ0v) is 20.8. The van der Waals surface area contributed by atoms with Crippen LogP contribution in [0.1, 0.15) is 48.9 Å². The van der Waals surface area contributed by atoms with Crippen molar-refractivity contribution < 1.29 is 0 Å². The number of aromatic nitrogens is 1. The van der Waals surface area contributed by atoms with Crippen molar-refractivity contribution in [1.29, 1.82) is 0 Å². The average molecular weight is 521 g/mol. The molecule has 0 spiro atoms. The monoisotopic (exact) mass is 520 g/mol. The minimum absolute atomic E-state index is 0. The summed E-state index contributed by atoms with van der Waals surface area (Å²) >= 11 is 1.78. The molecule has 8 heteroatoms. The highest BCUT2D eigenvalue weighted by molar-refractivity contribution is 14.0. The van der Waals surface area contributed by atoms with E-state index in [1.54, 1.807) is 11.3 Å². The van der Waals surface area contributed by atoms with E-state index >= 15 is 0 Å². The van der Waals surface area contributed by atoms with Gasteiger partial charge in [0.2, 0.25) is 0 Å². The molecule has 3 heterocycles.